The van der Waals surface area contributed by atoms with E-state index >= 15 is 0 Å². The number of carbonyl (C=O) groups excluding carboxylic acids is 1. The second-order valence-corrected chi connectivity index (χ2v) is 8.64. The fourth-order valence-electron chi connectivity index (χ4n) is 3.89. The van der Waals surface area contributed by atoms with E-state index in [1.807, 2.05) is 68.9 Å². The van der Waals surface area contributed by atoms with Crippen LogP contribution in [0.2, 0.25) is 0 Å². The van der Waals surface area contributed by atoms with Gasteiger partial charge in [-0.15, -0.1) is 0 Å². The molecule has 1 aliphatic rings. The third-order valence-electron chi connectivity index (χ3n) is 5.56. The molecule has 0 spiro atoms. The van der Waals surface area contributed by atoms with Crippen molar-refractivity contribution in [3.63, 3.8) is 0 Å². The van der Waals surface area contributed by atoms with E-state index in [-0.39, 0.29) is 23.9 Å². The summed E-state index contributed by atoms with van der Waals surface area (Å²) >= 11 is 5.77. The summed E-state index contributed by atoms with van der Waals surface area (Å²) < 4.78 is 2.04. The maximum atomic E-state index is 12.1. The van der Waals surface area contributed by atoms with Crippen molar-refractivity contribution in [2.24, 2.45) is 13.0 Å². The number of thiocarbonyl (C=S) groups is 1. The zero-order valence-electron chi connectivity index (χ0n) is 18.2. The van der Waals surface area contributed by atoms with Gasteiger partial charge in [-0.05, 0) is 66.7 Å². The standard InChI is InChI=1S/C24H27N5OS/c1-15(2)23(30)26-19-9-8-18(13-16(19)3)29-22(17-10-12-28(4)14-17)21(27-24(29)31)20-7-5-6-11-25-20/h5-15,21-22H,1-4H3,(H,26,30)(H,27,31)/t21-,22-/m1/s1. The van der Waals surface area contributed by atoms with Gasteiger partial charge in [0.05, 0.1) is 17.8 Å². The first-order chi connectivity index (χ1) is 14.8. The molecule has 0 saturated carbocycles. The molecule has 7 heteroatoms. The summed E-state index contributed by atoms with van der Waals surface area (Å²) in [7, 11) is 2.01. The molecule has 2 atom stereocenters. The van der Waals surface area contributed by atoms with Crippen molar-refractivity contribution in [2.75, 3.05) is 10.2 Å². The quantitative estimate of drug-likeness (QED) is 0.580. The van der Waals surface area contributed by atoms with Gasteiger partial charge >= 0.3 is 0 Å². The van der Waals surface area contributed by atoms with E-state index < -0.39 is 0 Å². The second kappa shape index (κ2) is 8.51. The summed E-state index contributed by atoms with van der Waals surface area (Å²) in [6.45, 7) is 5.77. The lowest BCUT2D eigenvalue weighted by Gasteiger charge is -2.28. The maximum Gasteiger partial charge on any atom is 0.226 e. The van der Waals surface area contributed by atoms with Crippen LogP contribution in [0.3, 0.4) is 0 Å². The molecule has 1 saturated heterocycles. The first-order valence-corrected chi connectivity index (χ1v) is 10.8. The molecule has 3 heterocycles. The number of anilines is 2. The minimum absolute atomic E-state index is 0.00610. The Morgan fingerprint density at radius 1 is 1.23 bits per heavy atom. The average molecular weight is 434 g/mol. The molecule has 0 radical (unpaired) electrons. The summed E-state index contributed by atoms with van der Waals surface area (Å²) in [5.41, 5.74) is 4.88. The molecule has 3 aromatic rings. The predicted octanol–water partition coefficient (Wildman–Crippen LogP) is 4.50. The van der Waals surface area contributed by atoms with Crippen LogP contribution in [0.25, 0.3) is 0 Å². The molecule has 0 unspecified atom stereocenters. The van der Waals surface area contributed by atoms with Crippen LogP contribution >= 0.6 is 12.2 Å². The summed E-state index contributed by atoms with van der Waals surface area (Å²) in [5.74, 6) is -0.0670. The van der Waals surface area contributed by atoms with Crippen LogP contribution in [0.4, 0.5) is 11.4 Å². The lowest BCUT2D eigenvalue weighted by Crippen LogP contribution is -2.29. The first-order valence-electron chi connectivity index (χ1n) is 10.4. The number of hydrogen-bond donors (Lipinski definition) is 2. The number of amides is 1. The number of benzene rings is 1. The van der Waals surface area contributed by atoms with Crippen LogP contribution in [-0.2, 0) is 11.8 Å². The number of nitrogens with one attached hydrogen (secondary N) is 2. The van der Waals surface area contributed by atoms with Crippen molar-refractivity contribution in [1.82, 2.24) is 14.9 Å². The van der Waals surface area contributed by atoms with E-state index in [1.165, 1.54) is 0 Å². The highest BCUT2D eigenvalue weighted by atomic mass is 32.1. The normalized spacial score (nSPS) is 18.4. The van der Waals surface area contributed by atoms with Gasteiger partial charge in [-0.25, -0.2) is 0 Å². The molecule has 4 rings (SSSR count). The summed E-state index contributed by atoms with van der Waals surface area (Å²) in [4.78, 5) is 18.9. The van der Waals surface area contributed by atoms with E-state index in [0.29, 0.717) is 5.11 Å². The van der Waals surface area contributed by atoms with Gasteiger partial charge in [0, 0.05) is 42.9 Å². The molecule has 0 aliphatic carbocycles. The number of hydrogen-bond acceptors (Lipinski definition) is 3. The third kappa shape index (κ3) is 4.18. The summed E-state index contributed by atoms with van der Waals surface area (Å²) in [6.07, 6.45) is 5.97. The fraction of sp³-hybridized carbons (Fsp3) is 0.292. The Morgan fingerprint density at radius 3 is 2.65 bits per heavy atom. The van der Waals surface area contributed by atoms with Crippen LogP contribution < -0.4 is 15.5 Å². The molecule has 160 valence electrons. The molecule has 1 fully saturated rings. The summed E-state index contributed by atoms with van der Waals surface area (Å²) in [5, 5.41) is 7.13. The molecule has 1 amide bonds. The van der Waals surface area contributed by atoms with Gasteiger partial charge in [0.2, 0.25) is 5.91 Å². The largest absolute Gasteiger partial charge is 0.357 e. The Morgan fingerprint density at radius 2 is 2.03 bits per heavy atom. The van der Waals surface area contributed by atoms with E-state index in [0.717, 1.165) is 28.2 Å². The number of aromatic nitrogens is 2. The molecule has 2 aromatic heterocycles. The van der Waals surface area contributed by atoms with Gasteiger partial charge in [-0.2, -0.15) is 0 Å². The van der Waals surface area contributed by atoms with Crippen molar-refractivity contribution >= 4 is 34.6 Å². The van der Waals surface area contributed by atoms with Gasteiger partial charge in [0.15, 0.2) is 5.11 Å². The number of aryl methyl sites for hydroxylation is 2. The van der Waals surface area contributed by atoms with Crippen molar-refractivity contribution in [3.05, 3.63) is 77.9 Å². The van der Waals surface area contributed by atoms with Crippen LogP contribution in [0.5, 0.6) is 0 Å². The van der Waals surface area contributed by atoms with Crippen molar-refractivity contribution in [2.45, 2.75) is 32.9 Å². The van der Waals surface area contributed by atoms with E-state index in [4.69, 9.17) is 12.2 Å². The van der Waals surface area contributed by atoms with Gasteiger partial charge < -0.3 is 20.1 Å². The minimum atomic E-state index is -0.0731. The Labute approximate surface area is 188 Å². The Kier molecular flexibility index (Phi) is 5.78. The van der Waals surface area contributed by atoms with E-state index in [1.54, 1.807) is 6.20 Å². The number of nitrogens with zero attached hydrogens (tertiary/aromatic N) is 3. The summed E-state index contributed by atoms with van der Waals surface area (Å²) in [6, 6.07) is 14.0. The number of pyridine rings is 1. The monoisotopic (exact) mass is 433 g/mol. The number of rotatable bonds is 5. The van der Waals surface area contributed by atoms with Crippen LogP contribution in [-0.4, -0.2) is 20.6 Å². The molecule has 6 nitrogen and oxygen atoms in total. The van der Waals surface area contributed by atoms with Gasteiger partial charge in [0.1, 0.15) is 0 Å². The van der Waals surface area contributed by atoms with Gasteiger partial charge in [0.25, 0.3) is 0 Å². The molecule has 2 N–H and O–H groups in total. The fourth-order valence-corrected chi connectivity index (χ4v) is 4.23. The van der Waals surface area contributed by atoms with Crippen molar-refractivity contribution in [1.29, 1.82) is 0 Å². The average Bonchev–Trinajstić information content (AvgIpc) is 3.32. The van der Waals surface area contributed by atoms with Crippen LogP contribution in [0.15, 0.2) is 61.1 Å². The van der Waals surface area contributed by atoms with Gasteiger partial charge in [-0.3, -0.25) is 9.78 Å². The first kappa shape index (κ1) is 21.1. The lowest BCUT2D eigenvalue weighted by atomic mass is 9.98. The van der Waals surface area contributed by atoms with Gasteiger partial charge in [-0.1, -0.05) is 19.9 Å². The highest BCUT2D eigenvalue weighted by Crippen LogP contribution is 2.42. The predicted molar refractivity (Wildman–Crippen MR) is 128 cm³/mol. The smallest absolute Gasteiger partial charge is 0.226 e. The molecule has 1 aromatic carbocycles. The zero-order chi connectivity index (χ0) is 22.1. The topological polar surface area (TPSA) is 62.2 Å². The Bertz CT molecular complexity index is 1110. The highest BCUT2D eigenvalue weighted by molar-refractivity contribution is 7.80. The van der Waals surface area contributed by atoms with Crippen LogP contribution in [0, 0.1) is 12.8 Å². The molecular formula is C24H27N5OS. The molecular weight excluding hydrogens is 406 g/mol. The van der Waals surface area contributed by atoms with Crippen molar-refractivity contribution in [3.8, 4) is 0 Å². The van der Waals surface area contributed by atoms with E-state index in [2.05, 4.69) is 38.8 Å². The number of carbonyl (C=O) groups is 1. The molecule has 31 heavy (non-hydrogen) atoms. The Balaban J connectivity index is 1.73. The van der Waals surface area contributed by atoms with E-state index in [9.17, 15) is 4.79 Å². The zero-order valence-corrected chi connectivity index (χ0v) is 19.0. The lowest BCUT2D eigenvalue weighted by molar-refractivity contribution is -0.118. The molecule has 0 bridgehead atoms. The Hall–Kier alpha value is -3.19. The maximum absolute atomic E-state index is 12.1. The van der Waals surface area contributed by atoms with Crippen molar-refractivity contribution < 1.29 is 4.79 Å². The second-order valence-electron chi connectivity index (χ2n) is 8.25. The highest BCUT2D eigenvalue weighted by Gasteiger charge is 2.41. The third-order valence-corrected chi connectivity index (χ3v) is 5.88. The van der Waals surface area contributed by atoms with Crippen LogP contribution in [0.1, 0.15) is 42.8 Å². The molecule has 1 aliphatic heterocycles. The SMILES string of the molecule is Cc1cc(N2C(=S)N[C@H](c3ccccn3)[C@H]2c2ccn(C)c2)ccc1NC(=O)C(C)C. The minimum Gasteiger partial charge on any atom is -0.357 e.